The number of carbonyl (C=O) groups is 2. The molecule has 1 N–H and O–H groups in total. The summed E-state index contributed by atoms with van der Waals surface area (Å²) in [7, 11) is -4.17. The second kappa shape index (κ2) is 11.2. The molecule has 1 fully saturated rings. The minimum Gasteiger partial charge on any atom is -0.379 e. The first-order valence-corrected chi connectivity index (χ1v) is 12.8. The van der Waals surface area contributed by atoms with Crippen LogP contribution in [-0.4, -0.2) is 44.4 Å². The molecule has 184 valence electrons. The Morgan fingerprint density at radius 3 is 2.50 bits per heavy atom. The Morgan fingerprint density at radius 1 is 1.21 bits per heavy atom. The molecule has 0 saturated carbocycles. The number of nitrogens with one attached hydrogen (secondary N) is 1. The van der Waals surface area contributed by atoms with Crippen LogP contribution in [0.25, 0.3) is 0 Å². The van der Waals surface area contributed by atoms with E-state index in [2.05, 4.69) is 5.32 Å². The third-order valence-corrected chi connectivity index (χ3v) is 6.78. The first-order chi connectivity index (χ1) is 16.0. The predicted molar refractivity (Wildman–Crippen MR) is 129 cm³/mol. The first-order valence-electron chi connectivity index (χ1n) is 11.1. The molecule has 1 heterocycles. The van der Waals surface area contributed by atoms with Gasteiger partial charge in [0.05, 0.1) is 6.10 Å². The lowest BCUT2D eigenvalue weighted by molar-refractivity contribution is -0.136. The lowest BCUT2D eigenvalue weighted by Crippen LogP contribution is -2.39. The summed E-state index contributed by atoms with van der Waals surface area (Å²) < 4.78 is 37.0. The monoisotopic (exact) mass is 508 g/mol. The Bertz CT molecular complexity index is 1130. The Morgan fingerprint density at radius 2 is 1.91 bits per heavy atom. The van der Waals surface area contributed by atoms with E-state index in [0.29, 0.717) is 29.4 Å². The zero-order valence-electron chi connectivity index (χ0n) is 19.4. The third kappa shape index (κ3) is 6.94. The second-order valence-electron chi connectivity index (χ2n) is 8.50. The topological polar surface area (TPSA) is 102 Å². The number of anilines is 1. The molecule has 3 rings (SSSR count). The van der Waals surface area contributed by atoms with Crippen LogP contribution in [0.5, 0.6) is 5.75 Å². The molecular formula is C24H29ClN2O6S. The van der Waals surface area contributed by atoms with Crippen molar-refractivity contribution in [2.45, 2.75) is 51.2 Å². The summed E-state index contributed by atoms with van der Waals surface area (Å²) in [6.07, 6.45) is 1.75. The lowest BCUT2D eigenvalue weighted by atomic mass is 10.1. The van der Waals surface area contributed by atoms with Gasteiger partial charge in [-0.15, -0.1) is 0 Å². The SMILES string of the molecule is CC(=O)Nc1ccc(S(=O)(=O)Oc2ccc(Cl)cc2CN(C[C@@H]2CCCO2)C(=O)C(C)C)cc1. The van der Waals surface area contributed by atoms with E-state index in [1.165, 1.54) is 43.3 Å². The van der Waals surface area contributed by atoms with Gasteiger partial charge in [-0.3, -0.25) is 9.59 Å². The van der Waals surface area contributed by atoms with E-state index in [1.807, 2.05) is 13.8 Å². The number of benzene rings is 2. The van der Waals surface area contributed by atoms with Crippen molar-refractivity contribution >= 4 is 39.2 Å². The number of carbonyl (C=O) groups excluding carboxylic acids is 2. The van der Waals surface area contributed by atoms with Crippen LogP contribution >= 0.6 is 11.6 Å². The predicted octanol–water partition coefficient (Wildman–Crippen LogP) is 4.23. The Hall–Kier alpha value is -2.62. The average molecular weight is 509 g/mol. The van der Waals surface area contributed by atoms with Crippen molar-refractivity contribution in [2.24, 2.45) is 5.92 Å². The van der Waals surface area contributed by atoms with Crippen LogP contribution in [0, 0.1) is 5.92 Å². The zero-order valence-corrected chi connectivity index (χ0v) is 21.0. The number of amides is 2. The molecule has 1 saturated heterocycles. The zero-order chi connectivity index (χ0) is 24.9. The van der Waals surface area contributed by atoms with Crippen molar-refractivity contribution in [3.05, 3.63) is 53.1 Å². The van der Waals surface area contributed by atoms with E-state index < -0.39 is 10.1 Å². The molecule has 10 heteroatoms. The van der Waals surface area contributed by atoms with Gasteiger partial charge >= 0.3 is 10.1 Å². The molecule has 1 atom stereocenters. The fourth-order valence-electron chi connectivity index (χ4n) is 3.66. The summed E-state index contributed by atoms with van der Waals surface area (Å²) in [6, 6.07) is 10.3. The highest BCUT2D eigenvalue weighted by molar-refractivity contribution is 7.87. The molecule has 0 radical (unpaired) electrons. The fourth-order valence-corrected chi connectivity index (χ4v) is 4.82. The number of halogens is 1. The van der Waals surface area contributed by atoms with Crippen LogP contribution in [0.1, 0.15) is 39.2 Å². The molecule has 2 aromatic rings. The molecule has 34 heavy (non-hydrogen) atoms. The van der Waals surface area contributed by atoms with Crippen molar-refractivity contribution < 1.29 is 26.9 Å². The molecule has 0 unspecified atom stereocenters. The fraction of sp³-hybridized carbons (Fsp3) is 0.417. The molecule has 0 aliphatic carbocycles. The third-order valence-electron chi connectivity index (χ3n) is 5.30. The molecule has 2 aromatic carbocycles. The molecule has 2 amide bonds. The smallest absolute Gasteiger partial charge is 0.339 e. The summed E-state index contributed by atoms with van der Waals surface area (Å²) in [5.74, 6) is -0.487. The van der Waals surface area contributed by atoms with Gasteiger partial charge in [0, 0.05) is 48.8 Å². The van der Waals surface area contributed by atoms with Gasteiger partial charge in [-0.05, 0) is 55.3 Å². The number of nitrogens with zero attached hydrogens (tertiary/aromatic N) is 1. The quantitative estimate of drug-likeness (QED) is 0.508. The largest absolute Gasteiger partial charge is 0.379 e. The highest BCUT2D eigenvalue weighted by Crippen LogP contribution is 2.29. The van der Waals surface area contributed by atoms with E-state index in [1.54, 1.807) is 11.0 Å². The number of ether oxygens (including phenoxy) is 1. The molecule has 1 aliphatic rings. The average Bonchev–Trinajstić information content (AvgIpc) is 3.27. The standard InChI is InChI=1S/C24H29ClN2O6S/c1-16(2)24(29)27(15-21-5-4-12-32-21)14-18-13-19(25)6-11-23(18)33-34(30,31)22-9-7-20(8-10-22)26-17(3)28/h6-11,13,16,21H,4-5,12,14-15H2,1-3H3,(H,26,28)/t21-/m0/s1. The Kier molecular flexibility index (Phi) is 8.57. The summed E-state index contributed by atoms with van der Waals surface area (Å²) in [6.45, 7) is 6.19. The van der Waals surface area contributed by atoms with Crippen molar-refractivity contribution in [3.63, 3.8) is 0 Å². The van der Waals surface area contributed by atoms with Crippen LogP contribution in [0.4, 0.5) is 5.69 Å². The Labute approximate surface area is 205 Å². The summed E-state index contributed by atoms with van der Waals surface area (Å²) in [4.78, 5) is 25.7. The van der Waals surface area contributed by atoms with Crippen molar-refractivity contribution in [2.75, 3.05) is 18.5 Å². The van der Waals surface area contributed by atoms with E-state index >= 15 is 0 Å². The highest BCUT2D eigenvalue weighted by atomic mass is 35.5. The second-order valence-corrected chi connectivity index (χ2v) is 10.5. The number of rotatable bonds is 9. The number of hydrogen-bond donors (Lipinski definition) is 1. The van der Waals surface area contributed by atoms with E-state index in [-0.39, 0.29) is 41.0 Å². The minimum atomic E-state index is -4.17. The maximum atomic E-state index is 12.9. The first kappa shape index (κ1) is 26.0. The molecule has 0 aromatic heterocycles. The molecule has 1 aliphatic heterocycles. The molecule has 0 spiro atoms. The van der Waals surface area contributed by atoms with Gasteiger partial charge in [-0.25, -0.2) is 0 Å². The summed E-state index contributed by atoms with van der Waals surface area (Å²) in [5.41, 5.74) is 0.938. The Balaban J connectivity index is 1.85. The van der Waals surface area contributed by atoms with E-state index in [0.717, 1.165) is 12.8 Å². The van der Waals surface area contributed by atoms with Crippen LogP contribution in [0.2, 0.25) is 5.02 Å². The van der Waals surface area contributed by atoms with Crippen LogP contribution in [-0.2, 0) is 31.0 Å². The van der Waals surface area contributed by atoms with Crippen molar-refractivity contribution in [1.29, 1.82) is 0 Å². The van der Waals surface area contributed by atoms with Gasteiger partial charge < -0.3 is 19.1 Å². The van der Waals surface area contributed by atoms with E-state index in [4.69, 9.17) is 20.5 Å². The van der Waals surface area contributed by atoms with Gasteiger partial charge in [0.25, 0.3) is 0 Å². The van der Waals surface area contributed by atoms with Crippen molar-refractivity contribution in [1.82, 2.24) is 4.90 Å². The normalized spacial score (nSPS) is 15.9. The highest BCUT2D eigenvalue weighted by Gasteiger charge is 2.26. The van der Waals surface area contributed by atoms with Gasteiger partial charge in [0.1, 0.15) is 10.6 Å². The van der Waals surface area contributed by atoms with Crippen LogP contribution in [0.3, 0.4) is 0 Å². The minimum absolute atomic E-state index is 0.0582. The van der Waals surface area contributed by atoms with Crippen molar-refractivity contribution in [3.8, 4) is 5.75 Å². The van der Waals surface area contributed by atoms with E-state index in [9.17, 15) is 18.0 Å². The maximum absolute atomic E-state index is 12.9. The molecule has 8 nitrogen and oxygen atoms in total. The van der Waals surface area contributed by atoms with Gasteiger partial charge in [0.2, 0.25) is 11.8 Å². The summed E-state index contributed by atoms with van der Waals surface area (Å²) >= 11 is 6.19. The van der Waals surface area contributed by atoms with Crippen LogP contribution in [0.15, 0.2) is 47.4 Å². The molecular weight excluding hydrogens is 480 g/mol. The van der Waals surface area contributed by atoms with Gasteiger partial charge in [-0.2, -0.15) is 8.42 Å². The maximum Gasteiger partial charge on any atom is 0.339 e. The van der Waals surface area contributed by atoms with Gasteiger partial charge in [0.15, 0.2) is 0 Å². The lowest BCUT2D eigenvalue weighted by Gasteiger charge is -2.28. The van der Waals surface area contributed by atoms with Crippen LogP contribution < -0.4 is 9.50 Å². The molecule has 0 bridgehead atoms. The summed E-state index contributed by atoms with van der Waals surface area (Å²) in [5, 5.41) is 2.98. The van der Waals surface area contributed by atoms with Gasteiger partial charge in [-0.1, -0.05) is 25.4 Å². The number of hydrogen-bond acceptors (Lipinski definition) is 6.